The van der Waals surface area contributed by atoms with Crippen LogP contribution in [0.1, 0.15) is 36.2 Å². The molecule has 0 saturated carbocycles. The molecular weight excluding hydrogens is 415 g/mol. The number of halogens is 2. The van der Waals surface area contributed by atoms with Gasteiger partial charge in [0.25, 0.3) is 5.91 Å². The molecule has 2 aromatic rings. The van der Waals surface area contributed by atoms with Gasteiger partial charge in [0.2, 0.25) is 5.91 Å². The predicted octanol–water partition coefficient (Wildman–Crippen LogP) is 4.86. The maximum Gasteiger partial charge on any atom is 0.251 e. The smallest absolute Gasteiger partial charge is 0.251 e. The van der Waals surface area contributed by atoms with Crippen LogP contribution in [0, 0.1) is 6.92 Å². The molecular formula is C21H24Cl2N2O4. The zero-order valence-corrected chi connectivity index (χ0v) is 18.1. The van der Waals surface area contributed by atoms with Crippen LogP contribution in [0.4, 0.5) is 5.69 Å². The second-order valence-corrected chi connectivity index (χ2v) is 7.02. The van der Waals surface area contributed by atoms with E-state index in [-0.39, 0.29) is 23.0 Å². The summed E-state index contributed by atoms with van der Waals surface area (Å²) in [6, 6.07) is 8.26. The monoisotopic (exact) mass is 438 g/mol. The third-order valence-electron chi connectivity index (χ3n) is 3.97. The van der Waals surface area contributed by atoms with E-state index in [2.05, 4.69) is 10.6 Å². The standard InChI is InChI=1S/C21H24Cl2N2O4/c1-4-9-29-20-16(23)10-14(11-18(20)28-5-2)21(27)24-12-19(26)25-17-8-6-7-15(22)13(17)3/h6-8,10-11H,4-5,9,12H2,1-3H3,(H,24,27)(H,25,26). The lowest BCUT2D eigenvalue weighted by molar-refractivity contribution is -0.115. The first-order valence-electron chi connectivity index (χ1n) is 9.29. The molecule has 2 N–H and O–H groups in total. The van der Waals surface area contributed by atoms with Gasteiger partial charge >= 0.3 is 0 Å². The molecule has 2 rings (SSSR count). The van der Waals surface area contributed by atoms with Crippen molar-refractivity contribution in [2.75, 3.05) is 25.1 Å². The fourth-order valence-corrected chi connectivity index (χ4v) is 2.95. The zero-order chi connectivity index (χ0) is 21.4. The van der Waals surface area contributed by atoms with E-state index in [1.54, 1.807) is 31.2 Å². The molecule has 2 amide bonds. The first-order valence-corrected chi connectivity index (χ1v) is 10.0. The molecule has 0 saturated heterocycles. The molecule has 0 fully saturated rings. The lowest BCUT2D eigenvalue weighted by Gasteiger charge is -2.15. The zero-order valence-electron chi connectivity index (χ0n) is 16.6. The molecule has 0 radical (unpaired) electrons. The lowest BCUT2D eigenvalue weighted by Crippen LogP contribution is -2.33. The van der Waals surface area contributed by atoms with E-state index in [1.807, 2.05) is 13.8 Å². The minimum Gasteiger partial charge on any atom is -0.490 e. The van der Waals surface area contributed by atoms with Gasteiger partial charge in [0.1, 0.15) is 0 Å². The largest absolute Gasteiger partial charge is 0.490 e. The van der Waals surface area contributed by atoms with Gasteiger partial charge in [-0.05, 0) is 50.1 Å². The third-order valence-corrected chi connectivity index (χ3v) is 4.66. The maximum atomic E-state index is 12.5. The molecule has 8 heteroatoms. The molecule has 29 heavy (non-hydrogen) atoms. The van der Waals surface area contributed by atoms with Crippen LogP contribution in [0.3, 0.4) is 0 Å². The van der Waals surface area contributed by atoms with E-state index in [1.165, 1.54) is 6.07 Å². The van der Waals surface area contributed by atoms with Crippen LogP contribution in [-0.4, -0.2) is 31.6 Å². The van der Waals surface area contributed by atoms with Gasteiger partial charge in [-0.3, -0.25) is 9.59 Å². The highest BCUT2D eigenvalue weighted by Crippen LogP contribution is 2.36. The van der Waals surface area contributed by atoms with Crippen molar-refractivity contribution in [1.82, 2.24) is 5.32 Å². The Hall–Kier alpha value is -2.44. The van der Waals surface area contributed by atoms with Gasteiger partial charge in [0.05, 0.1) is 24.8 Å². The fraction of sp³-hybridized carbons (Fsp3) is 0.333. The highest BCUT2D eigenvalue weighted by atomic mass is 35.5. The second kappa shape index (κ2) is 10.9. The molecule has 0 unspecified atom stereocenters. The van der Waals surface area contributed by atoms with Crippen LogP contribution in [0.15, 0.2) is 30.3 Å². The van der Waals surface area contributed by atoms with Crippen LogP contribution < -0.4 is 20.1 Å². The average Bonchev–Trinajstić information content (AvgIpc) is 2.69. The normalized spacial score (nSPS) is 10.4. The summed E-state index contributed by atoms with van der Waals surface area (Å²) >= 11 is 12.3. The molecule has 0 aliphatic heterocycles. The van der Waals surface area contributed by atoms with E-state index in [4.69, 9.17) is 32.7 Å². The number of carbonyl (C=O) groups is 2. The van der Waals surface area contributed by atoms with Gasteiger partial charge in [0.15, 0.2) is 11.5 Å². The Kier molecular flexibility index (Phi) is 8.61. The van der Waals surface area contributed by atoms with Gasteiger partial charge in [-0.25, -0.2) is 0 Å². The van der Waals surface area contributed by atoms with Crippen molar-refractivity contribution in [3.63, 3.8) is 0 Å². The molecule has 0 aliphatic carbocycles. The number of hydrogen-bond acceptors (Lipinski definition) is 4. The molecule has 0 aliphatic rings. The van der Waals surface area contributed by atoms with Gasteiger partial charge in [-0.2, -0.15) is 0 Å². The first-order chi connectivity index (χ1) is 13.9. The minimum atomic E-state index is -0.451. The predicted molar refractivity (Wildman–Crippen MR) is 116 cm³/mol. The van der Waals surface area contributed by atoms with E-state index >= 15 is 0 Å². The Morgan fingerprint density at radius 1 is 1.07 bits per heavy atom. The molecule has 0 atom stereocenters. The summed E-state index contributed by atoms with van der Waals surface area (Å²) in [6.07, 6.45) is 0.811. The van der Waals surface area contributed by atoms with E-state index < -0.39 is 5.91 Å². The minimum absolute atomic E-state index is 0.208. The molecule has 156 valence electrons. The van der Waals surface area contributed by atoms with E-state index in [0.717, 1.165) is 12.0 Å². The van der Waals surface area contributed by atoms with Crippen molar-refractivity contribution in [1.29, 1.82) is 0 Å². The fourth-order valence-electron chi connectivity index (χ4n) is 2.51. The highest BCUT2D eigenvalue weighted by Gasteiger charge is 2.17. The van der Waals surface area contributed by atoms with E-state index in [9.17, 15) is 9.59 Å². The van der Waals surface area contributed by atoms with Gasteiger partial charge in [-0.15, -0.1) is 0 Å². The number of amides is 2. The maximum absolute atomic E-state index is 12.5. The van der Waals surface area contributed by atoms with Crippen molar-refractivity contribution >= 4 is 40.7 Å². The van der Waals surface area contributed by atoms with Gasteiger partial charge in [-0.1, -0.05) is 36.2 Å². The Morgan fingerprint density at radius 2 is 1.83 bits per heavy atom. The van der Waals surface area contributed by atoms with Crippen LogP contribution in [-0.2, 0) is 4.79 Å². The number of ether oxygens (including phenoxy) is 2. The highest BCUT2D eigenvalue weighted by molar-refractivity contribution is 6.32. The molecule has 0 spiro atoms. The second-order valence-electron chi connectivity index (χ2n) is 6.21. The summed E-state index contributed by atoms with van der Waals surface area (Å²) in [5, 5.41) is 6.12. The summed E-state index contributed by atoms with van der Waals surface area (Å²) in [4.78, 5) is 24.7. The van der Waals surface area contributed by atoms with Crippen LogP contribution >= 0.6 is 23.2 Å². The number of nitrogens with one attached hydrogen (secondary N) is 2. The SMILES string of the molecule is CCCOc1c(Cl)cc(C(=O)NCC(=O)Nc2cccc(Cl)c2C)cc1OCC. The molecule has 6 nitrogen and oxygen atoms in total. The van der Waals surface area contributed by atoms with Gasteiger partial charge in [0, 0.05) is 16.3 Å². The topological polar surface area (TPSA) is 76.7 Å². The lowest BCUT2D eigenvalue weighted by atomic mass is 10.2. The number of anilines is 1. The summed E-state index contributed by atoms with van der Waals surface area (Å²) in [5.41, 5.74) is 1.62. The Bertz CT molecular complexity index is 887. The first kappa shape index (κ1) is 22.8. The summed E-state index contributed by atoms with van der Waals surface area (Å²) in [6.45, 7) is 6.27. The Balaban J connectivity index is 2.06. The molecule has 0 heterocycles. The van der Waals surface area contributed by atoms with Crippen molar-refractivity contribution in [2.24, 2.45) is 0 Å². The molecule has 0 aromatic heterocycles. The van der Waals surface area contributed by atoms with Crippen LogP contribution in [0.25, 0.3) is 0 Å². The van der Waals surface area contributed by atoms with Gasteiger partial charge < -0.3 is 20.1 Å². The number of benzene rings is 2. The summed E-state index contributed by atoms with van der Waals surface area (Å²) in [7, 11) is 0. The van der Waals surface area contributed by atoms with Crippen LogP contribution in [0.5, 0.6) is 11.5 Å². The molecule has 0 bridgehead atoms. The Labute approximate surface area is 180 Å². The average molecular weight is 439 g/mol. The van der Waals surface area contributed by atoms with Crippen LogP contribution in [0.2, 0.25) is 10.0 Å². The Morgan fingerprint density at radius 3 is 2.52 bits per heavy atom. The summed E-state index contributed by atoms with van der Waals surface area (Å²) in [5.74, 6) is -0.0331. The number of carbonyl (C=O) groups excluding carboxylic acids is 2. The van der Waals surface area contributed by atoms with E-state index in [0.29, 0.717) is 35.4 Å². The number of hydrogen-bond donors (Lipinski definition) is 2. The van der Waals surface area contributed by atoms with Crippen molar-refractivity contribution in [3.8, 4) is 11.5 Å². The third kappa shape index (κ3) is 6.27. The molecule has 2 aromatic carbocycles. The van der Waals surface area contributed by atoms with Crippen molar-refractivity contribution in [2.45, 2.75) is 27.2 Å². The van der Waals surface area contributed by atoms with Crippen molar-refractivity contribution in [3.05, 3.63) is 51.5 Å². The number of rotatable bonds is 9. The summed E-state index contributed by atoms with van der Waals surface area (Å²) < 4.78 is 11.2. The van der Waals surface area contributed by atoms with Crippen molar-refractivity contribution < 1.29 is 19.1 Å². The quantitative estimate of drug-likeness (QED) is 0.585.